The van der Waals surface area contributed by atoms with Crippen LogP contribution >= 0.6 is 0 Å². The zero-order chi connectivity index (χ0) is 7.28. The molecular formula is C7H8N2. The van der Waals surface area contributed by atoms with Crippen molar-refractivity contribution in [2.45, 2.75) is 0 Å². The van der Waals surface area contributed by atoms with E-state index in [1.807, 2.05) is 6.07 Å². The summed E-state index contributed by atoms with van der Waals surface area (Å²) in [4.78, 5) is 3.66. The molecule has 0 heterocycles. The van der Waals surface area contributed by atoms with Crippen molar-refractivity contribution < 1.29 is 0 Å². The average Bonchev–Trinajstić information content (AvgIpc) is 1.90. The summed E-state index contributed by atoms with van der Waals surface area (Å²) >= 11 is 0. The fourth-order valence-electron chi connectivity index (χ4n) is 0.362. The third-order valence-electron chi connectivity index (χ3n) is 0.880. The Hall–Kier alpha value is -1.36. The lowest BCUT2D eigenvalue weighted by atomic mass is 10.2. The second kappa shape index (κ2) is 3.62. The first-order chi connectivity index (χ1) is 4.26. The van der Waals surface area contributed by atoms with Crippen LogP contribution in [0.5, 0.6) is 0 Å². The van der Waals surface area contributed by atoms with Crippen LogP contribution in [0.2, 0.25) is 0 Å². The third-order valence-corrected chi connectivity index (χ3v) is 0.880. The van der Waals surface area contributed by atoms with Gasteiger partial charge in [0.1, 0.15) is 11.8 Å². The van der Waals surface area contributed by atoms with Crippen molar-refractivity contribution in [2.75, 3.05) is 7.05 Å². The summed E-state index contributed by atoms with van der Waals surface area (Å²) in [6.07, 6.45) is 1.51. The van der Waals surface area contributed by atoms with Gasteiger partial charge in [-0.25, -0.2) is 0 Å². The Kier molecular flexibility index (Phi) is 3.07. The second-order valence-corrected chi connectivity index (χ2v) is 1.41. The van der Waals surface area contributed by atoms with E-state index < -0.39 is 0 Å². The lowest BCUT2D eigenvalue weighted by molar-refractivity contribution is 1.43. The van der Waals surface area contributed by atoms with E-state index in [0.29, 0.717) is 11.3 Å². The highest BCUT2D eigenvalue weighted by molar-refractivity contribution is 6.12. The summed E-state index contributed by atoms with van der Waals surface area (Å²) < 4.78 is 0. The van der Waals surface area contributed by atoms with Gasteiger partial charge in [0.25, 0.3) is 0 Å². The third kappa shape index (κ3) is 1.92. The molecule has 0 fully saturated rings. The standard InChI is InChI=1S/C7H8N2/c1-4-6(2)7(5-8)9-3/h4H,1-2H2,3H3. The maximum Gasteiger partial charge on any atom is 0.141 e. The minimum absolute atomic E-state index is 0.338. The van der Waals surface area contributed by atoms with Gasteiger partial charge in [0.2, 0.25) is 0 Å². The van der Waals surface area contributed by atoms with Crippen molar-refractivity contribution >= 4 is 5.71 Å². The van der Waals surface area contributed by atoms with Gasteiger partial charge in [-0.15, -0.1) is 0 Å². The number of allylic oxidation sites excluding steroid dienone is 2. The van der Waals surface area contributed by atoms with Gasteiger partial charge in [0.15, 0.2) is 0 Å². The molecule has 0 bridgehead atoms. The van der Waals surface area contributed by atoms with Crippen molar-refractivity contribution in [1.29, 1.82) is 5.26 Å². The van der Waals surface area contributed by atoms with Crippen LogP contribution in [0.4, 0.5) is 0 Å². The summed E-state index contributed by atoms with van der Waals surface area (Å²) in [5.41, 5.74) is 0.907. The lowest BCUT2D eigenvalue weighted by Gasteiger charge is -1.89. The highest BCUT2D eigenvalue weighted by Gasteiger charge is 1.94. The minimum Gasteiger partial charge on any atom is -0.277 e. The van der Waals surface area contributed by atoms with Crippen molar-refractivity contribution in [1.82, 2.24) is 0 Å². The molecule has 2 heteroatoms. The van der Waals surface area contributed by atoms with Crippen LogP contribution in [0.15, 0.2) is 29.8 Å². The fraction of sp³-hybridized carbons (Fsp3) is 0.143. The number of nitriles is 1. The molecule has 0 aromatic heterocycles. The van der Waals surface area contributed by atoms with Crippen LogP contribution in [-0.4, -0.2) is 12.8 Å². The molecule has 0 amide bonds. The molecule has 0 aromatic carbocycles. The zero-order valence-corrected chi connectivity index (χ0v) is 5.39. The van der Waals surface area contributed by atoms with E-state index in [2.05, 4.69) is 18.2 Å². The maximum absolute atomic E-state index is 8.34. The Morgan fingerprint density at radius 2 is 2.33 bits per heavy atom. The molecular weight excluding hydrogens is 112 g/mol. The molecule has 0 atom stereocenters. The monoisotopic (exact) mass is 120 g/mol. The van der Waals surface area contributed by atoms with E-state index in [4.69, 9.17) is 5.26 Å². The van der Waals surface area contributed by atoms with Crippen molar-refractivity contribution in [3.63, 3.8) is 0 Å². The summed E-state index contributed by atoms with van der Waals surface area (Å²) in [5.74, 6) is 0. The van der Waals surface area contributed by atoms with Crippen LogP contribution < -0.4 is 0 Å². The molecule has 0 saturated heterocycles. The molecule has 0 rings (SSSR count). The first kappa shape index (κ1) is 7.64. The Labute approximate surface area is 54.8 Å². The van der Waals surface area contributed by atoms with Gasteiger partial charge in [-0.05, 0) is 0 Å². The number of nitrogens with zero attached hydrogens (tertiary/aromatic N) is 2. The largest absolute Gasteiger partial charge is 0.277 e. The van der Waals surface area contributed by atoms with Gasteiger partial charge in [-0.3, -0.25) is 4.99 Å². The molecule has 0 aliphatic carbocycles. The van der Waals surface area contributed by atoms with E-state index in [-0.39, 0.29) is 0 Å². The SMILES string of the molecule is C=CC(=C)C(C#N)=NC. The highest BCUT2D eigenvalue weighted by Crippen LogP contribution is 1.93. The van der Waals surface area contributed by atoms with E-state index in [0.717, 1.165) is 0 Å². The summed E-state index contributed by atoms with van der Waals surface area (Å²) in [6.45, 7) is 6.99. The number of hydrogen-bond acceptors (Lipinski definition) is 2. The molecule has 0 spiro atoms. The molecule has 0 aliphatic heterocycles. The summed E-state index contributed by atoms with van der Waals surface area (Å²) in [6, 6.07) is 1.88. The van der Waals surface area contributed by atoms with E-state index in [1.165, 1.54) is 6.08 Å². The van der Waals surface area contributed by atoms with E-state index >= 15 is 0 Å². The Morgan fingerprint density at radius 3 is 2.44 bits per heavy atom. The van der Waals surface area contributed by atoms with Crippen LogP contribution in [0, 0.1) is 11.3 Å². The van der Waals surface area contributed by atoms with Gasteiger partial charge in [0, 0.05) is 12.6 Å². The van der Waals surface area contributed by atoms with Gasteiger partial charge < -0.3 is 0 Å². The molecule has 0 unspecified atom stereocenters. The van der Waals surface area contributed by atoms with Crippen LogP contribution in [0.25, 0.3) is 0 Å². The topological polar surface area (TPSA) is 36.1 Å². The molecule has 0 aliphatic rings. The van der Waals surface area contributed by atoms with Gasteiger partial charge >= 0.3 is 0 Å². The lowest BCUT2D eigenvalue weighted by Crippen LogP contribution is -1.93. The molecule has 46 valence electrons. The van der Waals surface area contributed by atoms with E-state index in [1.54, 1.807) is 7.05 Å². The molecule has 0 saturated carbocycles. The first-order valence-electron chi connectivity index (χ1n) is 2.44. The quantitative estimate of drug-likeness (QED) is 0.400. The fourth-order valence-corrected chi connectivity index (χ4v) is 0.362. The van der Waals surface area contributed by atoms with Crippen LogP contribution in [0.1, 0.15) is 0 Å². The number of rotatable bonds is 2. The molecule has 9 heavy (non-hydrogen) atoms. The van der Waals surface area contributed by atoms with Gasteiger partial charge in [-0.2, -0.15) is 5.26 Å². The molecule has 0 N–H and O–H groups in total. The van der Waals surface area contributed by atoms with Crippen molar-refractivity contribution in [3.05, 3.63) is 24.8 Å². The summed E-state index contributed by atoms with van der Waals surface area (Å²) in [7, 11) is 1.55. The Bertz CT molecular complexity index is 193. The molecule has 2 nitrogen and oxygen atoms in total. The average molecular weight is 120 g/mol. The van der Waals surface area contributed by atoms with Crippen LogP contribution in [-0.2, 0) is 0 Å². The van der Waals surface area contributed by atoms with Gasteiger partial charge in [0.05, 0.1) is 0 Å². The molecule has 0 aromatic rings. The van der Waals surface area contributed by atoms with Crippen LogP contribution in [0.3, 0.4) is 0 Å². The van der Waals surface area contributed by atoms with E-state index in [9.17, 15) is 0 Å². The number of aliphatic imine (C=N–C) groups is 1. The van der Waals surface area contributed by atoms with Crippen molar-refractivity contribution in [2.24, 2.45) is 4.99 Å². The predicted octanol–water partition coefficient (Wildman–Crippen LogP) is 1.32. The minimum atomic E-state index is 0.338. The Morgan fingerprint density at radius 1 is 1.78 bits per heavy atom. The van der Waals surface area contributed by atoms with Crippen molar-refractivity contribution in [3.8, 4) is 6.07 Å². The Balaban J connectivity index is 4.37. The van der Waals surface area contributed by atoms with Gasteiger partial charge in [-0.1, -0.05) is 19.2 Å². The predicted molar refractivity (Wildman–Crippen MR) is 38.3 cm³/mol. The second-order valence-electron chi connectivity index (χ2n) is 1.41. The highest BCUT2D eigenvalue weighted by atomic mass is 14.7. The smallest absolute Gasteiger partial charge is 0.141 e. The molecule has 0 radical (unpaired) electrons. The normalized spacial score (nSPS) is 10.0. The first-order valence-corrected chi connectivity index (χ1v) is 2.44. The summed E-state index contributed by atoms with van der Waals surface area (Å²) in [5, 5.41) is 8.34. The maximum atomic E-state index is 8.34. The number of hydrogen-bond donors (Lipinski definition) is 0. The zero-order valence-electron chi connectivity index (χ0n) is 5.39.